The molecule has 23 heavy (non-hydrogen) atoms. The maximum absolute atomic E-state index is 12.9. The molecule has 4 nitrogen and oxygen atoms in total. The second-order valence-electron chi connectivity index (χ2n) is 5.54. The fourth-order valence-corrected chi connectivity index (χ4v) is 2.14. The maximum atomic E-state index is 12.9. The lowest BCUT2D eigenvalue weighted by atomic mass is 10.1. The molecule has 7 heteroatoms. The van der Waals surface area contributed by atoms with Crippen molar-refractivity contribution in [1.29, 1.82) is 0 Å². The van der Waals surface area contributed by atoms with Gasteiger partial charge in [-0.05, 0) is 24.8 Å². The summed E-state index contributed by atoms with van der Waals surface area (Å²) in [7, 11) is 0. The molecule has 1 fully saturated rings. The monoisotopic (exact) mass is 322 g/mol. The topological polar surface area (TPSA) is 49.8 Å². The minimum Gasteiger partial charge on any atom is -0.370 e. The van der Waals surface area contributed by atoms with Crippen LogP contribution >= 0.6 is 0 Å². The number of benzene rings is 1. The Hall–Kier alpha value is -2.31. The van der Waals surface area contributed by atoms with E-state index in [1.807, 2.05) is 30.3 Å². The van der Waals surface area contributed by atoms with Crippen molar-refractivity contribution < 1.29 is 13.2 Å². The predicted molar refractivity (Wildman–Crippen MR) is 82.3 cm³/mol. The van der Waals surface area contributed by atoms with Gasteiger partial charge in [0, 0.05) is 18.7 Å². The lowest BCUT2D eigenvalue weighted by molar-refractivity contribution is -0.141. The third kappa shape index (κ3) is 4.58. The highest BCUT2D eigenvalue weighted by atomic mass is 19.4. The van der Waals surface area contributed by atoms with Gasteiger partial charge in [0.25, 0.3) is 0 Å². The molecule has 3 rings (SSSR count). The number of rotatable bonds is 6. The fourth-order valence-electron chi connectivity index (χ4n) is 2.14. The number of nitrogens with one attached hydrogen (secondary N) is 2. The van der Waals surface area contributed by atoms with Crippen molar-refractivity contribution in [3.63, 3.8) is 0 Å². The molecule has 0 atom stereocenters. The first kappa shape index (κ1) is 15.6. The summed E-state index contributed by atoms with van der Waals surface area (Å²) in [4.78, 5) is 7.69. The molecule has 1 saturated carbocycles. The maximum Gasteiger partial charge on any atom is 0.433 e. The predicted octanol–water partition coefficient (Wildman–Crippen LogP) is 3.72. The average molecular weight is 322 g/mol. The molecule has 0 unspecified atom stereocenters. The molecule has 1 aliphatic rings. The molecule has 1 aliphatic carbocycles. The molecule has 122 valence electrons. The van der Waals surface area contributed by atoms with Gasteiger partial charge >= 0.3 is 6.18 Å². The van der Waals surface area contributed by atoms with Crippen molar-refractivity contribution in [3.8, 4) is 0 Å². The van der Waals surface area contributed by atoms with Crippen LogP contribution in [0.3, 0.4) is 0 Å². The van der Waals surface area contributed by atoms with Crippen LogP contribution in [0.4, 0.5) is 24.9 Å². The molecule has 0 saturated heterocycles. The Bertz CT molecular complexity index is 654. The van der Waals surface area contributed by atoms with Crippen LogP contribution in [0.5, 0.6) is 0 Å². The van der Waals surface area contributed by atoms with E-state index in [1.165, 1.54) is 0 Å². The number of anilines is 2. The van der Waals surface area contributed by atoms with Crippen molar-refractivity contribution in [2.24, 2.45) is 0 Å². The molecular weight excluding hydrogens is 305 g/mol. The third-order valence-corrected chi connectivity index (χ3v) is 3.49. The minimum atomic E-state index is -4.49. The quantitative estimate of drug-likeness (QED) is 0.851. The van der Waals surface area contributed by atoms with Gasteiger partial charge in [0.15, 0.2) is 5.69 Å². The van der Waals surface area contributed by atoms with Crippen LogP contribution in [0.2, 0.25) is 0 Å². The highest BCUT2D eigenvalue weighted by Gasteiger charge is 2.34. The molecule has 2 N–H and O–H groups in total. The highest BCUT2D eigenvalue weighted by molar-refractivity contribution is 5.44. The van der Waals surface area contributed by atoms with E-state index in [9.17, 15) is 13.2 Å². The summed E-state index contributed by atoms with van der Waals surface area (Å²) < 4.78 is 38.8. The van der Waals surface area contributed by atoms with Crippen molar-refractivity contribution in [3.05, 3.63) is 47.7 Å². The van der Waals surface area contributed by atoms with Crippen LogP contribution in [0, 0.1) is 0 Å². The molecule has 1 aromatic carbocycles. The summed E-state index contributed by atoms with van der Waals surface area (Å²) in [5.41, 5.74) is 0.180. The zero-order valence-corrected chi connectivity index (χ0v) is 12.4. The van der Waals surface area contributed by atoms with Crippen LogP contribution in [0.25, 0.3) is 0 Å². The first-order valence-electron chi connectivity index (χ1n) is 7.51. The Morgan fingerprint density at radius 2 is 1.83 bits per heavy atom. The van der Waals surface area contributed by atoms with Gasteiger partial charge < -0.3 is 10.6 Å². The first-order chi connectivity index (χ1) is 11.0. The van der Waals surface area contributed by atoms with Gasteiger partial charge in [-0.2, -0.15) is 18.2 Å². The van der Waals surface area contributed by atoms with Gasteiger partial charge in [0.2, 0.25) is 5.95 Å². The number of aromatic nitrogens is 2. The molecule has 0 radical (unpaired) electrons. The van der Waals surface area contributed by atoms with Gasteiger partial charge in [-0.15, -0.1) is 0 Å². The molecular formula is C16H17F3N4. The number of hydrogen-bond acceptors (Lipinski definition) is 4. The molecule has 0 bridgehead atoms. The fraction of sp³-hybridized carbons (Fsp3) is 0.375. The molecule has 0 aliphatic heterocycles. The van der Waals surface area contributed by atoms with Crippen molar-refractivity contribution in [1.82, 2.24) is 9.97 Å². The van der Waals surface area contributed by atoms with Gasteiger partial charge in [-0.3, -0.25) is 0 Å². The Morgan fingerprint density at radius 1 is 1.09 bits per heavy atom. The minimum absolute atomic E-state index is 0.0320. The van der Waals surface area contributed by atoms with E-state index in [2.05, 4.69) is 20.6 Å². The van der Waals surface area contributed by atoms with Crippen molar-refractivity contribution in [2.45, 2.75) is 31.5 Å². The number of halogens is 3. The van der Waals surface area contributed by atoms with Crippen LogP contribution in [-0.4, -0.2) is 22.6 Å². The number of hydrogen-bond donors (Lipinski definition) is 2. The molecule has 0 amide bonds. The molecule has 1 heterocycles. The lowest BCUT2D eigenvalue weighted by Gasteiger charge is -2.12. The normalized spacial score (nSPS) is 14.6. The van der Waals surface area contributed by atoms with Crippen molar-refractivity contribution in [2.75, 3.05) is 17.2 Å². The third-order valence-electron chi connectivity index (χ3n) is 3.49. The second-order valence-corrected chi connectivity index (χ2v) is 5.54. The van der Waals surface area contributed by atoms with Gasteiger partial charge in [-0.1, -0.05) is 30.3 Å². The lowest BCUT2D eigenvalue weighted by Crippen LogP contribution is -2.15. The summed E-state index contributed by atoms with van der Waals surface area (Å²) in [5.74, 6) is 0.218. The number of alkyl halides is 3. The number of nitrogens with zero attached hydrogens (tertiary/aromatic N) is 2. The average Bonchev–Trinajstić information content (AvgIpc) is 3.31. The summed E-state index contributed by atoms with van der Waals surface area (Å²) in [6.45, 7) is 0.501. The highest BCUT2D eigenvalue weighted by Crippen LogP contribution is 2.31. The summed E-state index contributed by atoms with van der Waals surface area (Å²) in [6.07, 6.45) is -1.90. The van der Waals surface area contributed by atoms with Crippen molar-refractivity contribution >= 4 is 11.8 Å². The Labute approximate surface area is 132 Å². The van der Waals surface area contributed by atoms with E-state index in [0.29, 0.717) is 13.0 Å². The largest absolute Gasteiger partial charge is 0.433 e. The molecule has 0 spiro atoms. The van der Waals surface area contributed by atoms with E-state index in [0.717, 1.165) is 24.5 Å². The van der Waals surface area contributed by atoms with Crippen LogP contribution in [-0.2, 0) is 12.6 Å². The smallest absolute Gasteiger partial charge is 0.370 e. The zero-order chi connectivity index (χ0) is 16.3. The summed E-state index contributed by atoms with van der Waals surface area (Å²) >= 11 is 0. The van der Waals surface area contributed by atoms with Gasteiger partial charge in [0.05, 0.1) is 0 Å². The van der Waals surface area contributed by atoms with Crippen LogP contribution in [0.1, 0.15) is 24.1 Å². The van der Waals surface area contributed by atoms with Gasteiger partial charge in [-0.25, -0.2) is 4.98 Å². The molecule has 1 aromatic heterocycles. The Morgan fingerprint density at radius 3 is 2.48 bits per heavy atom. The summed E-state index contributed by atoms with van der Waals surface area (Å²) in [5, 5.41) is 5.86. The van der Waals surface area contributed by atoms with E-state index >= 15 is 0 Å². The van der Waals surface area contributed by atoms with E-state index < -0.39 is 11.9 Å². The Kier molecular flexibility index (Phi) is 4.36. The Balaban J connectivity index is 1.69. The molecule has 2 aromatic rings. The van der Waals surface area contributed by atoms with E-state index in [4.69, 9.17) is 0 Å². The van der Waals surface area contributed by atoms with E-state index in [-0.39, 0.29) is 17.8 Å². The first-order valence-corrected chi connectivity index (χ1v) is 7.51. The van der Waals surface area contributed by atoms with E-state index in [1.54, 1.807) is 0 Å². The zero-order valence-electron chi connectivity index (χ0n) is 12.4. The standard InChI is InChI=1S/C16H17F3N4/c17-16(18,19)13-10-14(23-15(22-13)21-12-6-7-12)20-9-8-11-4-2-1-3-5-11/h1-5,10,12H,6-9H2,(H2,20,21,22,23). The van der Waals surface area contributed by atoms with Gasteiger partial charge in [0.1, 0.15) is 5.82 Å². The summed E-state index contributed by atoms with van der Waals surface area (Å²) in [6, 6.07) is 10.9. The van der Waals surface area contributed by atoms with Crippen LogP contribution in [0.15, 0.2) is 36.4 Å². The SMILES string of the molecule is FC(F)(F)c1cc(NCCc2ccccc2)nc(NC2CC2)n1. The van der Waals surface area contributed by atoms with Crippen LogP contribution < -0.4 is 10.6 Å². The second kappa shape index (κ2) is 6.44.